The average molecular weight is 301 g/mol. The summed E-state index contributed by atoms with van der Waals surface area (Å²) >= 11 is 0. The second kappa shape index (κ2) is 11.8. The Morgan fingerprint density at radius 3 is 1.80 bits per heavy atom. The molecule has 0 saturated heterocycles. The lowest BCUT2D eigenvalue weighted by Crippen LogP contribution is -2.38. The zero-order valence-electron chi connectivity index (χ0n) is 15.1. The molecule has 0 aliphatic heterocycles. The summed E-state index contributed by atoms with van der Waals surface area (Å²) < 4.78 is 6.52. The monoisotopic (exact) mass is 300 g/mol. The Labute approximate surface area is 130 Å². The number of unbranched alkanes of at least 4 members (excludes halogenated alkanes) is 6. The molecule has 0 amide bonds. The molecule has 122 valence electrons. The van der Waals surface area contributed by atoms with Gasteiger partial charge in [0.1, 0.15) is 0 Å². The van der Waals surface area contributed by atoms with E-state index in [1.807, 2.05) is 0 Å². The van der Waals surface area contributed by atoms with Crippen LogP contribution in [-0.4, -0.2) is 14.4 Å². The molecule has 0 radical (unpaired) electrons. The number of rotatable bonds is 13. The summed E-state index contributed by atoms with van der Waals surface area (Å²) in [6, 6.07) is 0. The molecule has 0 fully saturated rings. The van der Waals surface area contributed by atoms with Crippen molar-refractivity contribution in [3.8, 4) is 0 Å². The molecule has 0 spiro atoms. The van der Waals surface area contributed by atoms with E-state index < -0.39 is 8.32 Å². The summed E-state index contributed by atoms with van der Waals surface area (Å²) in [5.74, 6) is 0. The highest BCUT2D eigenvalue weighted by Crippen LogP contribution is 2.26. The van der Waals surface area contributed by atoms with Gasteiger partial charge in [-0.1, -0.05) is 79.1 Å². The standard InChI is InChI=1S/C18H40OSi/c1-7-9-10-11-12-13-14-16-18(15-8-2)19-20(5,6)17(3)4/h17-18H,7-16H2,1-6H3. The highest BCUT2D eigenvalue weighted by molar-refractivity contribution is 6.72. The van der Waals surface area contributed by atoms with Crippen molar-refractivity contribution in [3.63, 3.8) is 0 Å². The Morgan fingerprint density at radius 1 is 0.750 bits per heavy atom. The molecule has 0 saturated carbocycles. The number of hydrogen-bond donors (Lipinski definition) is 0. The summed E-state index contributed by atoms with van der Waals surface area (Å²) in [6.45, 7) is 14.0. The van der Waals surface area contributed by atoms with Crippen LogP contribution in [0.2, 0.25) is 18.6 Å². The van der Waals surface area contributed by atoms with E-state index >= 15 is 0 Å². The summed E-state index contributed by atoms with van der Waals surface area (Å²) in [7, 11) is -1.47. The van der Waals surface area contributed by atoms with E-state index in [1.165, 1.54) is 64.2 Å². The second-order valence-corrected chi connectivity index (χ2v) is 11.8. The minimum atomic E-state index is -1.47. The smallest absolute Gasteiger partial charge is 0.189 e. The second-order valence-electron chi connectivity index (χ2n) is 7.20. The lowest BCUT2D eigenvalue weighted by Gasteiger charge is -2.32. The molecule has 0 N–H and O–H groups in total. The molecule has 0 rings (SSSR count). The van der Waals surface area contributed by atoms with Gasteiger partial charge >= 0.3 is 0 Å². The van der Waals surface area contributed by atoms with Crippen LogP contribution in [0.25, 0.3) is 0 Å². The molecule has 20 heavy (non-hydrogen) atoms. The van der Waals surface area contributed by atoms with Crippen LogP contribution in [0.15, 0.2) is 0 Å². The maximum Gasteiger partial charge on any atom is 0.189 e. The Morgan fingerprint density at radius 2 is 1.30 bits per heavy atom. The highest BCUT2D eigenvalue weighted by Gasteiger charge is 2.29. The maximum atomic E-state index is 6.52. The van der Waals surface area contributed by atoms with Crippen LogP contribution in [-0.2, 0) is 4.43 Å². The molecule has 1 nitrogen and oxygen atoms in total. The fourth-order valence-corrected chi connectivity index (χ4v) is 3.85. The maximum absolute atomic E-state index is 6.52. The molecule has 0 aliphatic rings. The summed E-state index contributed by atoms with van der Waals surface area (Å²) in [5, 5.41) is 0. The van der Waals surface area contributed by atoms with Crippen LogP contribution in [0.4, 0.5) is 0 Å². The molecule has 1 atom stereocenters. The van der Waals surface area contributed by atoms with Crippen molar-refractivity contribution in [1.82, 2.24) is 0 Å². The minimum Gasteiger partial charge on any atom is -0.414 e. The molecule has 0 bridgehead atoms. The van der Waals surface area contributed by atoms with Gasteiger partial charge in [-0.05, 0) is 31.5 Å². The van der Waals surface area contributed by atoms with Gasteiger partial charge in [0.2, 0.25) is 0 Å². The van der Waals surface area contributed by atoms with Gasteiger partial charge in [-0.3, -0.25) is 0 Å². The number of hydrogen-bond acceptors (Lipinski definition) is 1. The van der Waals surface area contributed by atoms with Gasteiger partial charge in [0.05, 0.1) is 0 Å². The SMILES string of the molecule is CCCCCCCCCC(CCC)O[Si](C)(C)C(C)C. The lowest BCUT2D eigenvalue weighted by molar-refractivity contribution is 0.163. The van der Waals surface area contributed by atoms with E-state index in [9.17, 15) is 0 Å². The van der Waals surface area contributed by atoms with Crippen LogP contribution in [0, 0.1) is 0 Å². The molecule has 0 aromatic carbocycles. The average Bonchev–Trinajstić information content (AvgIpc) is 2.37. The minimum absolute atomic E-state index is 0.528. The molecule has 0 aromatic heterocycles. The van der Waals surface area contributed by atoms with Gasteiger partial charge in [0.15, 0.2) is 8.32 Å². The first-order valence-electron chi connectivity index (χ1n) is 9.11. The Bertz CT molecular complexity index is 213. The van der Waals surface area contributed by atoms with Gasteiger partial charge in [0, 0.05) is 6.10 Å². The Hall–Kier alpha value is 0.177. The topological polar surface area (TPSA) is 9.23 Å². The largest absolute Gasteiger partial charge is 0.414 e. The van der Waals surface area contributed by atoms with Gasteiger partial charge < -0.3 is 4.43 Å². The molecule has 0 aliphatic carbocycles. The van der Waals surface area contributed by atoms with E-state index in [1.54, 1.807) is 0 Å². The van der Waals surface area contributed by atoms with Crippen molar-refractivity contribution in [2.24, 2.45) is 0 Å². The zero-order chi connectivity index (χ0) is 15.4. The quantitative estimate of drug-likeness (QED) is 0.265. The molecule has 0 heterocycles. The highest BCUT2D eigenvalue weighted by atomic mass is 28.4. The van der Waals surface area contributed by atoms with Crippen molar-refractivity contribution < 1.29 is 4.43 Å². The van der Waals surface area contributed by atoms with Gasteiger partial charge in [-0.25, -0.2) is 0 Å². The fraction of sp³-hybridized carbons (Fsp3) is 1.00. The van der Waals surface area contributed by atoms with Crippen LogP contribution < -0.4 is 0 Å². The Kier molecular flexibility index (Phi) is 11.9. The van der Waals surface area contributed by atoms with Crippen LogP contribution >= 0.6 is 0 Å². The zero-order valence-corrected chi connectivity index (χ0v) is 16.1. The van der Waals surface area contributed by atoms with E-state index in [2.05, 4.69) is 40.8 Å². The normalized spacial score (nSPS) is 13.9. The first kappa shape index (κ1) is 20.2. The first-order chi connectivity index (χ1) is 9.44. The molecular weight excluding hydrogens is 260 g/mol. The molecule has 1 unspecified atom stereocenters. The van der Waals surface area contributed by atoms with Crippen molar-refractivity contribution in [2.45, 2.75) is 117 Å². The van der Waals surface area contributed by atoms with E-state index in [-0.39, 0.29) is 0 Å². The third kappa shape index (κ3) is 9.98. The van der Waals surface area contributed by atoms with E-state index in [0.717, 1.165) is 5.54 Å². The van der Waals surface area contributed by atoms with Crippen molar-refractivity contribution in [1.29, 1.82) is 0 Å². The van der Waals surface area contributed by atoms with Gasteiger partial charge in [0.25, 0.3) is 0 Å². The molecule has 0 aromatic rings. The van der Waals surface area contributed by atoms with E-state index in [0.29, 0.717) is 6.10 Å². The molecule has 2 heteroatoms. The van der Waals surface area contributed by atoms with Crippen LogP contribution in [0.5, 0.6) is 0 Å². The van der Waals surface area contributed by atoms with Crippen molar-refractivity contribution in [3.05, 3.63) is 0 Å². The van der Waals surface area contributed by atoms with Crippen molar-refractivity contribution in [2.75, 3.05) is 0 Å². The van der Waals surface area contributed by atoms with Crippen LogP contribution in [0.3, 0.4) is 0 Å². The molecular formula is C18H40OSi. The summed E-state index contributed by atoms with van der Waals surface area (Å²) in [6.07, 6.45) is 14.1. The van der Waals surface area contributed by atoms with Gasteiger partial charge in [-0.2, -0.15) is 0 Å². The Balaban J connectivity index is 3.86. The predicted molar refractivity (Wildman–Crippen MR) is 95.0 cm³/mol. The summed E-state index contributed by atoms with van der Waals surface area (Å²) in [5.41, 5.74) is 0.718. The third-order valence-corrected chi connectivity index (χ3v) is 8.32. The first-order valence-corrected chi connectivity index (χ1v) is 12.1. The summed E-state index contributed by atoms with van der Waals surface area (Å²) in [4.78, 5) is 0. The lowest BCUT2D eigenvalue weighted by atomic mass is 10.0. The van der Waals surface area contributed by atoms with E-state index in [4.69, 9.17) is 4.43 Å². The predicted octanol–water partition coefficient (Wildman–Crippen LogP) is 6.93. The third-order valence-electron chi connectivity index (χ3n) is 4.60. The van der Waals surface area contributed by atoms with Crippen molar-refractivity contribution >= 4 is 8.32 Å². The van der Waals surface area contributed by atoms with Crippen LogP contribution in [0.1, 0.15) is 91.9 Å². The van der Waals surface area contributed by atoms with Gasteiger partial charge in [-0.15, -0.1) is 0 Å². The fourth-order valence-electron chi connectivity index (χ4n) is 2.48.